The number of benzene rings is 7. The number of aromatic nitrogens is 6. The highest BCUT2D eigenvalue weighted by Gasteiger charge is 2.52. The molecular formula is C59H33N7O. The van der Waals surface area contributed by atoms with Crippen molar-refractivity contribution in [1.29, 1.82) is 5.26 Å². The molecule has 7 heterocycles. The minimum absolute atomic E-state index is 0.602. The van der Waals surface area contributed by atoms with Gasteiger partial charge in [0, 0.05) is 91.2 Å². The summed E-state index contributed by atoms with van der Waals surface area (Å²) >= 11 is 0. The van der Waals surface area contributed by atoms with Gasteiger partial charge in [-0.15, -0.1) is 0 Å². The lowest BCUT2D eigenvalue weighted by Crippen LogP contribution is -2.32. The lowest BCUT2D eigenvalue weighted by molar-refractivity contribution is 0.436. The van der Waals surface area contributed by atoms with Gasteiger partial charge >= 0.3 is 0 Å². The summed E-state index contributed by atoms with van der Waals surface area (Å²) in [7, 11) is 0. The molecule has 0 unspecified atom stereocenters. The van der Waals surface area contributed by atoms with Crippen molar-refractivity contribution in [1.82, 2.24) is 28.7 Å². The Morgan fingerprint density at radius 1 is 0.403 bits per heavy atom. The van der Waals surface area contributed by atoms with Gasteiger partial charge in [-0.1, -0.05) is 78.9 Å². The molecule has 1 spiro atoms. The third kappa shape index (κ3) is 4.66. The SMILES string of the molecule is N#Cc1ccc2c(c1)c1cc(-n3c4ccccc4c4ccncc43)ccc1n2-c1ccc2c(c1)Oc1cc(-n3c4ccccc4c4ccccc43)ccc1C21c2cccnc2-c2ncccc21. The van der Waals surface area contributed by atoms with E-state index >= 15 is 0 Å². The van der Waals surface area contributed by atoms with Crippen LogP contribution in [0.25, 0.3) is 93.9 Å². The van der Waals surface area contributed by atoms with E-state index < -0.39 is 5.41 Å². The van der Waals surface area contributed by atoms with Gasteiger partial charge in [0.2, 0.25) is 0 Å². The van der Waals surface area contributed by atoms with E-state index in [2.05, 4.69) is 176 Å². The van der Waals surface area contributed by atoms with Gasteiger partial charge in [0.1, 0.15) is 11.5 Å². The van der Waals surface area contributed by atoms with Crippen molar-refractivity contribution in [2.24, 2.45) is 0 Å². The zero-order chi connectivity index (χ0) is 44.0. The number of nitriles is 1. The summed E-state index contributed by atoms with van der Waals surface area (Å²) < 4.78 is 14.2. The third-order valence-corrected chi connectivity index (χ3v) is 14.3. The van der Waals surface area contributed by atoms with E-state index in [-0.39, 0.29) is 0 Å². The minimum Gasteiger partial charge on any atom is -0.457 e. The number of nitrogens with zero attached hydrogens (tertiary/aromatic N) is 7. The number of hydrogen-bond donors (Lipinski definition) is 0. The first-order chi connectivity index (χ1) is 33.2. The molecule has 8 nitrogen and oxygen atoms in total. The summed E-state index contributed by atoms with van der Waals surface area (Å²) in [5, 5.41) is 16.9. The van der Waals surface area contributed by atoms with Gasteiger partial charge < -0.3 is 18.4 Å². The fraction of sp³-hybridized carbons (Fsp3) is 0.0169. The molecule has 0 saturated carbocycles. The smallest absolute Gasteiger partial charge is 0.134 e. The van der Waals surface area contributed by atoms with E-state index in [0.29, 0.717) is 5.56 Å². The molecule has 0 bridgehead atoms. The van der Waals surface area contributed by atoms with Gasteiger partial charge in [-0.05, 0) is 96.1 Å². The summed E-state index contributed by atoms with van der Waals surface area (Å²) in [5.41, 5.74) is 15.1. The molecule has 0 saturated heterocycles. The first-order valence-electron chi connectivity index (χ1n) is 22.4. The van der Waals surface area contributed by atoms with Gasteiger partial charge in [0.25, 0.3) is 0 Å². The van der Waals surface area contributed by atoms with Gasteiger partial charge in [-0.3, -0.25) is 15.0 Å². The fourth-order valence-corrected chi connectivity index (χ4v) is 11.7. The van der Waals surface area contributed by atoms with E-state index in [1.807, 2.05) is 49.1 Å². The highest BCUT2D eigenvalue weighted by molar-refractivity contribution is 6.13. The number of para-hydroxylation sites is 3. The maximum atomic E-state index is 10.2. The largest absolute Gasteiger partial charge is 0.457 e. The summed E-state index contributed by atoms with van der Waals surface area (Å²) in [4.78, 5) is 14.5. The first kappa shape index (κ1) is 36.1. The molecule has 13 aromatic rings. The van der Waals surface area contributed by atoms with Crippen LogP contribution in [0.3, 0.4) is 0 Å². The summed E-state index contributed by atoms with van der Waals surface area (Å²) in [6.07, 6.45) is 7.50. The Morgan fingerprint density at radius 3 is 1.46 bits per heavy atom. The Labute approximate surface area is 382 Å². The van der Waals surface area contributed by atoms with E-state index in [1.54, 1.807) is 0 Å². The molecule has 310 valence electrons. The maximum absolute atomic E-state index is 10.2. The van der Waals surface area contributed by atoms with Crippen molar-refractivity contribution in [2.45, 2.75) is 5.41 Å². The fourth-order valence-electron chi connectivity index (χ4n) is 11.7. The zero-order valence-corrected chi connectivity index (χ0v) is 35.6. The van der Waals surface area contributed by atoms with Crippen LogP contribution in [-0.4, -0.2) is 28.7 Å². The average molecular weight is 856 g/mol. The molecule has 0 atom stereocenters. The highest BCUT2D eigenvalue weighted by atomic mass is 16.5. The van der Waals surface area contributed by atoms with E-state index in [4.69, 9.17) is 14.7 Å². The molecular weight excluding hydrogens is 823 g/mol. The van der Waals surface area contributed by atoms with Crippen LogP contribution < -0.4 is 4.74 Å². The first-order valence-corrected chi connectivity index (χ1v) is 22.4. The summed E-state index contributed by atoms with van der Waals surface area (Å²) in [6.45, 7) is 0. The molecule has 8 heteroatoms. The summed E-state index contributed by atoms with van der Waals surface area (Å²) in [5.74, 6) is 1.51. The Bertz CT molecular complexity index is 4200. The molecule has 0 amide bonds. The lowest BCUT2D eigenvalue weighted by atomic mass is 9.66. The van der Waals surface area contributed by atoms with Crippen molar-refractivity contribution in [3.8, 4) is 46.0 Å². The van der Waals surface area contributed by atoms with Crippen LogP contribution in [0.2, 0.25) is 0 Å². The second-order valence-electron chi connectivity index (χ2n) is 17.5. The average Bonchev–Trinajstić information content (AvgIpc) is 4.10. The molecule has 7 aromatic carbocycles. The molecule has 1 aliphatic carbocycles. The molecule has 0 radical (unpaired) electrons. The quantitative estimate of drug-likeness (QED) is 0.177. The Balaban J connectivity index is 0.979. The molecule has 0 N–H and O–H groups in total. The van der Waals surface area contributed by atoms with Crippen LogP contribution in [0.15, 0.2) is 201 Å². The van der Waals surface area contributed by atoms with Crippen molar-refractivity contribution >= 4 is 65.4 Å². The molecule has 2 aliphatic rings. The van der Waals surface area contributed by atoms with Crippen LogP contribution >= 0.6 is 0 Å². The summed E-state index contributed by atoms with van der Waals surface area (Å²) in [6, 6.07) is 64.5. The second-order valence-corrected chi connectivity index (χ2v) is 17.5. The van der Waals surface area contributed by atoms with Crippen LogP contribution in [0, 0.1) is 11.3 Å². The topological polar surface area (TPSA) is 86.5 Å². The number of hydrogen-bond acceptors (Lipinski definition) is 5. The van der Waals surface area contributed by atoms with E-state index in [0.717, 1.165) is 111 Å². The van der Waals surface area contributed by atoms with Crippen LogP contribution in [0.4, 0.5) is 0 Å². The van der Waals surface area contributed by atoms with Gasteiger partial charge in [-0.2, -0.15) is 5.26 Å². The molecule has 0 fully saturated rings. The number of ether oxygens (including phenoxy) is 1. The van der Waals surface area contributed by atoms with Crippen LogP contribution in [0.1, 0.15) is 27.8 Å². The normalized spacial score (nSPS) is 13.3. The van der Waals surface area contributed by atoms with Crippen molar-refractivity contribution in [3.63, 3.8) is 0 Å². The Hall–Kier alpha value is -9.32. The lowest BCUT2D eigenvalue weighted by Gasteiger charge is -2.39. The second kappa shape index (κ2) is 13.1. The highest BCUT2D eigenvalue weighted by Crippen LogP contribution is 2.61. The minimum atomic E-state index is -0.761. The standard InChI is InChI=1S/C59H33N7O/c60-33-35-17-23-52-43(29-35)44-30-36(66-51-16-6-3-11-41(51)42-25-28-61-34-54(42)66)20-24-53(44)65(52)38-19-22-46-56(32-38)67-55-31-37(64-49-14-4-1-9-39(49)40-10-2-5-15-50(40)64)18-21-45(55)59(46)47-12-7-26-62-57(47)58-48(59)13-8-27-63-58/h1-32,34H. The molecule has 67 heavy (non-hydrogen) atoms. The van der Waals surface area contributed by atoms with E-state index in [9.17, 15) is 5.26 Å². The number of rotatable bonds is 3. The third-order valence-electron chi connectivity index (χ3n) is 14.3. The number of pyridine rings is 3. The van der Waals surface area contributed by atoms with Crippen LogP contribution in [-0.2, 0) is 5.41 Å². The Morgan fingerprint density at radius 2 is 0.881 bits per heavy atom. The van der Waals surface area contributed by atoms with E-state index in [1.165, 1.54) is 16.2 Å². The molecule has 1 aliphatic heterocycles. The van der Waals surface area contributed by atoms with Crippen molar-refractivity contribution < 1.29 is 4.74 Å². The molecule has 6 aromatic heterocycles. The van der Waals surface area contributed by atoms with Gasteiger partial charge in [0.05, 0.1) is 67.7 Å². The zero-order valence-electron chi connectivity index (χ0n) is 35.6. The maximum Gasteiger partial charge on any atom is 0.134 e. The van der Waals surface area contributed by atoms with Crippen molar-refractivity contribution in [3.05, 3.63) is 229 Å². The Kier molecular flexibility index (Phi) is 7.07. The predicted octanol–water partition coefficient (Wildman–Crippen LogP) is 13.5. The van der Waals surface area contributed by atoms with Gasteiger partial charge in [0.15, 0.2) is 0 Å². The van der Waals surface area contributed by atoms with Crippen molar-refractivity contribution in [2.75, 3.05) is 0 Å². The monoisotopic (exact) mass is 855 g/mol. The predicted molar refractivity (Wildman–Crippen MR) is 265 cm³/mol. The van der Waals surface area contributed by atoms with Gasteiger partial charge in [-0.25, -0.2) is 0 Å². The molecule has 15 rings (SSSR count). The van der Waals surface area contributed by atoms with Crippen LogP contribution in [0.5, 0.6) is 11.5 Å². The number of fused-ring (bicyclic) bond motifs is 18.